The van der Waals surface area contributed by atoms with Gasteiger partial charge in [0.1, 0.15) is 11.3 Å². The maximum Gasteiger partial charge on any atom is 0.255 e. The highest BCUT2D eigenvalue weighted by atomic mass is 16.5. The number of rotatable bonds is 3. The van der Waals surface area contributed by atoms with Gasteiger partial charge in [0, 0.05) is 30.6 Å². The van der Waals surface area contributed by atoms with Gasteiger partial charge in [0.15, 0.2) is 0 Å². The van der Waals surface area contributed by atoms with E-state index >= 15 is 0 Å². The lowest BCUT2D eigenvalue weighted by molar-refractivity contribution is 0.0423. The molecular weight excluding hydrogens is 266 g/mol. The van der Waals surface area contributed by atoms with E-state index in [0.717, 1.165) is 29.6 Å². The Hall–Kier alpha value is -1.81. The standard InChI is InChI=1S/C17H21NO3/c1-3-13-15(12-6-4-5-7-14(12)21-13)16(19)18-17(2)8-10-20-11-9-17/h4-7H,3,8-11H2,1-2H3,(H,18,19). The summed E-state index contributed by atoms with van der Waals surface area (Å²) < 4.78 is 11.2. The molecule has 1 aliphatic rings. The normalized spacial score (nSPS) is 17.8. The zero-order valence-corrected chi connectivity index (χ0v) is 12.6. The van der Waals surface area contributed by atoms with Gasteiger partial charge in [-0.1, -0.05) is 25.1 Å². The lowest BCUT2D eigenvalue weighted by Gasteiger charge is -2.34. The Labute approximate surface area is 124 Å². The van der Waals surface area contributed by atoms with Gasteiger partial charge in [-0.3, -0.25) is 4.79 Å². The average molecular weight is 287 g/mol. The van der Waals surface area contributed by atoms with Crippen molar-refractivity contribution in [2.24, 2.45) is 0 Å². The van der Waals surface area contributed by atoms with Gasteiger partial charge in [-0.2, -0.15) is 0 Å². The first kappa shape index (κ1) is 14.1. The molecular formula is C17H21NO3. The fourth-order valence-electron chi connectivity index (χ4n) is 2.88. The maximum atomic E-state index is 12.8. The molecule has 0 unspecified atom stereocenters. The van der Waals surface area contributed by atoms with Crippen LogP contribution in [0.1, 0.15) is 42.8 Å². The third kappa shape index (κ3) is 2.68. The van der Waals surface area contributed by atoms with Crippen LogP contribution in [0.2, 0.25) is 0 Å². The molecule has 0 aliphatic carbocycles. The van der Waals surface area contributed by atoms with Crippen LogP contribution in [0.15, 0.2) is 28.7 Å². The second kappa shape index (κ2) is 5.53. The number of carbonyl (C=O) groups excluding carboxylic acids is 1. The van der Waals surface area contributed by atoms with Crippen LogP contribution in [0, 0.1) is 0 Å². The van der Waals surface area contributed by atoms with E-state index in [1.165, 1.54) is 0 Å². The van der Waals surface area contributed by atoms with Gasteiger partial charge in [0.05, 0.1) is 5.56 Å². The van der Waals surface area contributed by atoms with Crippen molar-refractivity contribution in [3.8, 4) is 0 Å². The minimum absolute atomic E-state index is 0.0406. The molecule has 3 rings (SSSR count). The van der Waals surface area contributed by atoms with Crippen LogP contribution >= 0.6 is 0 Å². The first-order chi connectivity index (χ1) is 10.1. The predicted octanol–water partition coefficient (Wildman–Crippen LogP) is 3.29. The number of nitrogens with one attached hydrogen (secondary N) is 1. The maximum absolute atomic E-state index is 12.8. The largest absolute Gasteiger partial charge is 0.460 e. The Bertz CT molecular complexity index is 653. The van der Waals surface area contributed by atoms with Crippen molar-refractivity contribution < 1.29 is 13.9 Å². The van der Waals surface area contributed by atoms with Crippen LogP contribution in [-0.4, -0.2) is 24.7 Å². The Morgan fingerprint density at radius 3 is 2.71 bits per heavy atom. The summed E-state index contributed by atoms with van der Waals surface area (Å²) in [6.07, 6.45) is 2.39. The number of carbonyl (C=O) groups is 1. The van der Waals surface area contributed by atoms with Crippen molar-refractivity contribution in [2.45, 2.75) is 38.6 Å². The van der Waals surface area contributed by atoms with Gasteiger partial charge in [-0.15, -0.1) is 0 Å². The Morgan fingerprint density at radius 2 is 2.00 bits per heavy atom. The first-order valence-electron chi connectivity index (χ1n) is 7.53. The molecule has 0 atom stereocenters. The Kier molecular flexibility index (Phi) is 3.72. The quantitative estimate of drug-likeness (QED) is 0.942. The molecule has 4 nitrogen and oxygen atoms in total. The third-order valence-corrected chi connectivity index (χ3v) is 4.23. The number of benzene rings is 1. The second-order valence-corrected chi connectivity index (χ2v) is 5.88. The lowest BCUT2D eigenvalue weighted by atomic mass is 9.92. The molecule has 2 aromatic rings. The summed E-state index contributed by atoms with van der Waals surface area (Å²) >= 11 is 0. The van der Waals surface area contributed by atoms with Gasteiger partial charge in [0.25, 0.3) is 5.91 Å². The SMILES string of the molecule is CCc1oc2ccccc2c1C(=O)NC1(C)CCOCC1. The van der Waals surface area contributed by atoms with Crippen molar-refractivity contribution in [1.82, 2.24) is 5.32 Å². The first-order valence-corrected chi connectivity index (χ1v) is 7.53. The van der Waals surface area contributed by atoms with Crippen LogP contribution in [0.5, 0.6) is 0 Å². The number of ether oxygens (including phenoxy) is 1. The summed E-state index contributed by atoms with van der Waals surface area (Å²) in [5.41, 5.74) is 1.26. The fraction of sp³-hybridized carbons (Fsp3) is 0.471. The smallest absolute Gasteiger partial charge is 0.255 e. The summed E-state index contributed by atoms with van der Waals surface area (Å²) in [4.78, 5) is 12.8. The molecule has 4 heteroatoms. The van der Waals surface area contributed by atoms with Crippen LogP contribution in [-0.2, 0) is 11.2 Å². The molecule has 1 aromatic carbocycles. The van der Waals surface area contributed by atoms with E-state index in [1.807, 2.05) is 31.2 Å². The zero-order valence-electron chi connectivity index (χ0n) is 12.6. The molecule has 2 heterocycles. The number of hydrogen-bond acceptors (Lipinski definition) is 3. The van der Waals surface area contributed by atoms with Gasteiger partial charge in [-0.25, -0.2) is 0 Å². The van der Waals surface area contributed by atoms with E-state index in [0.29, 0.717) is 25.2 Å². The summed E-state index contributed by atoms with van der Waals surface area (Å²) in [7, 11) is 0. The Balaban J connectivity index is 1.93. The molecule has 1 amide bonds. The van der Waals surface area contributed by atoms with E-state index < -0.39 is 0 Å². The topological polar surface area (TPSA) is 51.5 Å². The summed E-state index contributed by atoms with van der Waals surface area (Å²) in [5, 5.41) is 4.08. The number of hydrogen-bond donors (Lipinski definition) is 1. The highest BCUT2D eigenvalue weighted by Gasteiger charge is 2.31. The zero-order chi connectivity index (χ0) is 14.9. The summed E-state index contributed by atoms with van der Waals surface area (Å²) in [6.45, 7) is 5.49. The van der Waals surface area contributed by atoms with Crippen molar-refractivity contribution in [2.75, 3.05) is 13.2 Å². The highest BCUT2D eigenvalue weighted by molar-refractivity contribution is 6.07. The van der Waals surface area contributed by atoms with E-state index in [9.17, 15) is 4.79 Å². The number of amides is 1. The number of para-hydroxylation sites is 1. The van der Waals surface area contributed by atoms with Crippen LogP contribution in [0.3, 0.4) is 0 Å². The Morgan fingerprint density at radius 1 is 1.29 bits per heavy atom. The van der Waals surface area contributed by atoms with E-state index in [2.05, 4.69) is 12.2 Å². The molecule has 0 saturated carbocycles. The van der Waals surface area contributed by atoms with E-state index in [-0.39, 0.29) is 11.4 Å². The monoisotopic (exact) mass is 287 g/mol. The van der Waals surface area contributed by atoms with Gasteiger partial charge >= 0.3 is 0 Å². The molecule has 112 valence electrons. The highest BCUT2D eigenvalue weighted by Crippen LogP contribution is 2.28. The van der Waals surface area contributed by atoms with Crippen LogP contribution < -0.4 is 5.32 Å². The van der Waals surface area contributed by atoms with Crippen molar-refractivity contribution in [1.29, 1.82) is 0 Å². The van der Waals surface area contributed by atoms with Gasteiger partial charge < -0.3 is 14.5 Å². The number of aryl methyl sites for hydroxylation is 1. The van der Waals surface area contributed by atoms with Crippen LogP contribution in [0.25, 0.3) is 11.0 Å². The van der Waals surface area contributed by atoms with Crippen molar-refractivity contribution in [3.05, 3.63) is 35.6 Å². The predicted molar refractivity (Wildman–Crippen MR) is 81.5 cm³/mol. The van der Waals surface area contributed by atoms with E-state index in [1.54, 1.807) is 0 Å². The molecule has 0 spiro atoms. The molecule has 21 heavy (non-hydrogen) atoms. The van der Waals surface area contributed by atoms with Gasteiger partial charge in [0.2, 0.25) is 0 Å². The van der Waals surface area contributed by atoms with E-state index in [4.69, 9.17) is 9.15 Å². The summed E-state index contributed by atoms with van der Waals surface area (Å²) in [6, 6.07) is 7.71. The minimum atomic E-state index is -0.196. The molecule has 1 N–H and O–H groups in total. The summed E-state index contributed by atoms with van der Waals surface area (Å²) in [5.74, 6) is 0.713. The van der Waals surface area contributed by atoms with Crippen LogP contribution in [0.4, 0.5) is 0 Å². The molecule has 1 fully saturated rings. The molecule has 0 radical (unpaired) electrons. The number of furan rings is 1. The lowest BCUT2D eigenvalue weighted by Crippen LogP contribution is -2.49. The third-order valence-electron chi connectivity index (χ3n) is 4.23. The molecule has 1 saturated heterocycles. The minimum Gasteiger partial charge on any atom is -0.460 e. The van der Waals surface area contributed by atoms with Gasteiger partial charge in [-0.05, 0) is 25.8 Å². The fourth-order valence-corrected chi connectivity index (χ4v) is 2.88. The van der Waals surface area contributed by atoms with Crippen molar-refractivity contribution >= 4 is 16.9 Å². The molecule has 0 bridgehead atoms. The molecule has 1 aliphatic heterocycles. The molecule has 1 aromatic heterocycles. The number of fused-ring (bicyclic) bond motifs is 1. The van der Waals surface area contributed by atoms with Crippen molar-refractivity contribution in [3.63, 3.8) is 0 Å². The average Bonchev–Trinajstić information content (AvgIpc) is 2.86. The second-order valence-electron chi connectivity index (χ2n) is 5.88.